The van der Waals surface area contributed by atoms with Gasteiger partial charge in [-0.05, 0) is 31.2 Å². The molecule has 1 fully saturated rings. The van der Waals surface area contributed by atoms with Crippen molar-refractivity contribution in [2.45, 2.75) is 39.0 Å². The molecule has 1 nitrogen and oxygen atoms in total. The van der Waals surface area contributed by atoms with Crippen molar-refractivity contribution in [3.63, 3.8) is 0 Å². The van der Waals surface area contributed by atoms with Crippen LogP contribution in [0.1, 0.15) is 39.0 Å². The van der Waals surface area contributed by atoms with Gasteiger partial charge in [-0.25, -0.2) is 0 Å². The van der Waals surface area contributed by atoms with E-state index in [4.69, 9.17) is 5.73 Å². The molecule has 1 aliphatic rings. The monoisotopic (exact) mass is 127 g/mol. The summed E-state index contributed by atoms with van der Waals surface area (Å²) in [6.45, 7) is 3.17. The van der Waals surface area contributed by atoms with Gasteiger partial charge in [-0.15, -0.1) is 0 Å². The topological polar surface area (TPSA) is 26.0 Å². The molecule has 54 valence electrons. The maximum Gasteiger partial charge on any atom is -0.00205 e. The highest BCUT2D eigenvalue weighted by molar-refractivity contribution is 4.93. The first kappa shape index (κ1) is 7.07. The van der Waals surface area contributed by atoms with Gasteiger partial charge in [0.05, 0.1) is 0 Å². The van der Waals surface area contributed by atoms with Crippen LogP contribution in [0.2, 0.25) is 0 Å². The SMILES string of the molecule is CCCCC1(CN)CC1. The van der Waals surface area contributed by atoms with Gasteiger partial charge in [-0.1, -0.05) is 19.8 Å². The zero-order valence-electron chi connectivity index (χ0n) is 6.32. The van der Waals surface area contributed by atoms with Gasteiger partial charge < -0.3 is 5.73 Å². The van der Waals surface area contributed by atoms with Gasteiger partial charge in [-0.2, -0.15) is 0 Å². The van der Waals surface area contributed by atoms with E-state index >= 15 is 0 Å². The number of hydrogen-bond acceptors (Lipinski definition) is 1. The quantitative estimate of drug-likeness (QED) is 0.613. The zero-order chi connectivity index (χ0) is 6.74. The van der Waals surface area contributed by atoms with Gasteiger partial charge in [0.1, 0.15) is 0 Å². The smallest absolute Gasteiger partial charge is 0.00205 e. The number of unbranched alkanes of at least 4 members (excludes halogenated alkanes) is 1. The molecule has 1 rings (SSSR count). The summed E-state index contributed by atoms with van der Waals surface area (Å²) in [5, 5.41) is 0. The first-order chi connectivity index (χ1) is 4.33. The molecule has 0 amide bonds. The van der Waals surface area contributed by atoms with Crippen LogP contribution in [0.3, 0.4) is 0 Å². The van der Waals surface area contributed by atoms with Crippen molar-refractivity contribution in [2.75, 3.05) is 6.54 Å². The third-order valence-electron chi connectivity index (χ3n) is 2.45. The lowest BCUT2D eigenvalue weighted by molar-refractivity contribution is 0.456. The van der Waals surface area contributed by atoms with Crippen molar-refractivity contribution in [1.29, 1.82) is 0 Å². The summed E-state index contributed by atoms with van der Waals surface area (Å²) in [5.41, 5.74) is 6.23. The molecule has 1 aliphatic carbocycles. The lowest BCUT2D eigenvalue weighted by Crippen LogP contribution is -2.14. The molecular formula is C8H17N. The largest absolute Gasteiger partial charge is 0.330 e. The van der Waals surface area contributed by atoms with Crippen molar-refractivity contribution >= 4 is 0 Å². The first-order valence-electron chi connectivity index (χ1n) is 4.03. The summed E-state index contributed by atoms with van der Waals surface area (Å²) < 4.78 is 0. The van der Waals surface area contributed by atoms with Gasteiger partial charge >= 0.3 is 0 Å². The van der Waals surface area contributed by atoms with Gasteiger partial charge in [0.2, 0.25) is 0 Å². The maximum absolute atomic E-state index is 5.61. The Kier molecular flexibility index (Phi) is 2.12. The molecular weight excluding hydrogens is 110 g/mol. The van der Waals surface area contributed by atoms with E-state index in [-0.39, 0.29) is 0 Å². The van der Waals surface area contributed by atoms with Crippen LogP contribution in [0.4, 0.5) is 0 Å². The molecule has 0 aromatic rings. The molecule has 0 bridgehead atoms. The summed E-state index contributed by atoms with van der Waals surface area (Å²) in [4.78, 5) is 0. The highest BCUT2D eigenvalue weighted by Crippen LogP contribution is 2.48. The third kappa shape index (κ3) is 1.68. The highest BCUT2D eigenvalue weighted by atomic mass is 14.6. The lowest BCUT2D eigenvalue weighted by Gasteiger charge is -2.09. The molecule has 0 radical (unpaired) electrons. The minimum absolute atomic E-state index is 0.621. The van der Waals surface area contributed by atoms with Crippen molar-refractivity contribution in [3.8, 4) is 0 Å². The Morgan fingerprint density at radius 2 is 2.11 bits per heavy atom. The van der Waals surface area contributed by atoms with E-state index in [1.54, 1.807) is 0 Å². The lowest BCUT2D eigenvalue weighted by atomic mass is 10.00. The van der Waals surface area contributed by atoms with Gasteiger partial charge in [0, 0.05) is 0 Å². The van der Waals surface area contributed by atoms with Crippen molar-refractivity contribution in [1.82, 2.24) is 0 Å². The average Bonchev–Trinajstić information content (AvgIpc) is 2.65. The van der Waals surface area contributed by atoms with Crippen LogP contribution in [-0.4, -0.2) is 6.54 Å². The van der Waals surface area contributed by atoms with E-state index in [1.165, 1.54) is 32.1 Å². The van der Waals surface area contributed by atoms with E-state index in [2.05, 4.69) is 6.92 Å². The molecule has 9 heavy (non-hydrogen) atoms. The molecule has 0 aliphatic heterocycles. The van der Waals surface area contributed by atoms with Crippen molar-refractivity contribution in [2.24, 2.45) is 11.1 Å². The van der Waals surface area contributed by atoms with Gasteiger partial charge in [0.25, 0.3) is 0 Å². The molecule has 0 saturated heterocycles. The van der Waals surface area contributed by atoms with Gasteiger partial charge in [0.15, 0.2) is 0 Å². The van der Waals surface area contributed by atoms with Crippen LogP contribution in [-0.2, 0) is 0 Å². The Labute approximate surface area is 57.6 Å². The third-order valence-corrected chi connectivity index (χ3v) is 2.45. The summed E-state index contributed by atoms with van der Waals surface area (Å²) >= 11 is 0. The molecule has 0 aromatic heterocycles. The standard InChI is InChI=1S/C8H17N/c1-2-3-4-8(7-9)5-6-8/h2-7,9H2,1H3. The summed E-state index contributed by atoms with van der Waals surface area (Å²) in [6.07, 6.45) is 6.85. The molecule has 0 heterocycles. The summed E-state index contributed by atoms with van der Waals surface area (Å²) in [5.74, 6) is 0. The van der Waals surface area contributed by atoms with E-state index in [0.717, 1.165) is 6.54 Å². The van der Waals surface area contributed by atoms with E-state index in [9.17, 15) is 0 Å². The van der Waals surface area contributed by atoms with Crippen LogP contribution >= 0.6 is 0 Å². The Morgan fingerprint density at radius 3 is 2.44 bits per heavy atom. The normalized spacial score (nSPS) is 22.0. The second kappa shape index (κ2) is 2.70. The van der Waals surface area contributed by atoms with E-state index < -0.39 is 0 Å². The second-order valence-corrected chi connectivity index (χ2v) is 3.31. The van der Waals surface area contributed by atoms with Crippen LogP contribution in [0.25, 0.3) is 0 Å². The zero-order valence-corrected chi connectivity index (χ0v) is 6.32. The van der Waals surface area contributed by atoms with Gasteiger partial charge in [-0.3, -0.25) is 0 Å². The number of nitrogens with two attached hydrogens (primary N) is 1. The Morgan fingerprint density at radius 1 is 1.44 bits per heavy atom. The number of rotatable bonds is 4. The predicted molar refractivity (Wildman–Crippen MR) is 40.2 cm³/mol. The van der Waals surface area contributed by atoms with E-state index in [0.29, 0.717) is 5.41 Å². The fraction of sp³-hybridized carbons (Fsp3) is 1.00. The fourth-order valence-electron chi connectivity index (χ4n) is 1.28. The van der Waals surface area contributed by atoms with Crippen molar-refractivity contribution in [3.05, 3.63) is 0 Å². The molecule has 2 N–H and O–H groups in total. The van der Waals surface area contributed by atoms with Crippen LogP contribution in [0, 0.1) is 5.41 Å². The van der Waals surface area contributed by atoms with Crippen LogP contribution in [0.15, 0.2) is 0 Å². The van der Waals surface area contributed by atoms with Crippen molar-refractivity contribution < 1.29 is 0 Å². The fourth-order valence-corrected chi connectivity index (χ4v) is 1.28. The summed E-state index contributed by atoms with van der Waals surface area (Å²) in [6, 6.07) is 0. The Bertz CT molecular complexity index is 84.6. The van der Waals surface area contributed by atoms with Crippen LogP contribution < -0.4 is 5.73 Å². The molecule has 0 atom stereocenters. The minimum Gasteiger partial charge on any atom is -0.330 e. The van der Waals surface area contributed by atoms with Crippen LogP contribution in [0.5, 0.6) is 0 Å². The average molecular weight is 127 g/mol. The molecule has 0 unspecified atom stereocenters. The molecule has 0 aromatic carbocycles. The first-order valence-corrected chi connectivity index (χ1v) is 4.03. The summed E-state index contributed by atoms with van der Waals surface area (Å²) in [7, 11) is 0. The minimum atomic E-state index is 0.621. The molecule has 1 heteroatoms. The molecule has 0 spiro atoms. The Balaban J connectivity index is 2.10. The number of hydrogen-bond donors (Lipinski definition) is 1. The second-order valence-electron chi connectivity index (χ2n) is 3.31. The predicted octanol–water partition coefficient (Wildman–Crippen LogP) is 1.92. The van der Waals surface area contributed by atoms with E-state index in [1.807, 2.05) is 0 Å². The highest BCUT2D eigenvalue weighted by Gasteiger charge is 2.39. The maximum atomic E-state index is 5.61. The molecule has 1 saturated carbocycles. The Hall–Kier alpha value is -0.0400.